The van der Waals surface area contributed by atoms with Gasteiger partial charge in [-0.15, -0.1) is 0 Å². The molecule has 76 valence electrons. The van der Waals surface area contributed by atoms with E-state index in [9.17, 15) is 8.78 Å². The molecule has 0 aliphatic heterocycles. The molecule has 0 aliphatic carbocycles. The largest absolute Gasteiger partial charge is 0.264 e. The average Bonchev–Trinajstić information content (AvgIpc) is 2.21. The molecule has 0 spiro atoms. The number of nitriles is 1. The van der Waals surface area contributed by atoms with Crippen LogP contribution in [0.4, 0.5) is 8.78 Å². The number of hydrogen-bond donors (Lipinski definition) is 0. The Hall–Kier alpha value is -1.43. The maximum atomic E-state index is 12.2. The monoisotopic (exact) mass is 197 g/mol. The van der Waals surface area contributed by atoms with Crippen LogP contribution in [0.5, 0.6) is 0 Å². The van der Waals surface area contributed by atoms with E-state index in [0.29, 0.717) is 11.1 Å². The van der Waals surface area contributed by atoms with Crippen molar-refractivity contribution in [3.8, 4) is 6.07 Å². The third kappa shape index (κ3) is 2.81. The summed E-state index contributed by atoms with van der Waals surface area (Å²) in [4.78, 5) is 0. The lowest BCUT2D eigenvalue weighted by atomic mass is 10.0. The summed E-state index contributed by atoms with van der Waals surface area (Å²) in [5.74, 6) is 0. The van der Waals surface area contributed by atoms with E-state index in [2.05, 4.69) is 0 Å². The second-order valence-corrected chi connectivity index (χ2v) is 2.43. The summed E-state index contributed by atoms with van der Waals surface area (Å²) in [5, 5.41) is 8.53. The van der Waals surface area contributed by atoms with Gasteiger partial charge in [0, 0.05) is 5.56 Å². The molecule has 1 aromatic carbocycles. The number of halogens is 2. The van der Waals surface area contributed by atoms with Crippen LogP contribution in [0.25, 0.3) is 0 Å². The Morgan fingerprint density at radius 3 is 2.29 bits per heavy atom. The number of alkyl halides is 2. The van der Waals surface area contributed by atoms with Gasteiger partial charge < -0.3 is 0 Å². The first-order valence-corrected chi connectivity index (χ1v) is 4.44. The highest BCUT2D eigenvalue weighted by atomic mass is 19.3. The molecule has 0 saturated heterocycles. The topological polar surface area (TPSA) is 23.8 Å². The molecule has 0 bridgehead atoms. The molecule has 0 atom stereocenters. The number of nitrogens with zero attached hydrogens (tertiary/aromatic N) is 1. The summed E-state index contributed by atoms with van der Waals surface area (Å²) in [6.07, 6.45) is -2.50. The van der Waals surface area contributed by atoms with Gasteiger partial charge in [-0.25, -0.2) is 8.78 Å². The molecular formula is C11H13F2N. The third-order valence-electron chi connectivity index (χ3n) is 1.73. The molecule has 0 heterocycles. The maximum Gasteiger partial charge on any atom is 0.264 e. The highest BCUT2D eigenvalue weighted by Gasteiger charge is 2.11. The Bertz CT molecular complexity index is 327. The van der Waals surface area contributed by atoms with E-state index >= 15 is 0 Å². The molecule has 0 aromatic heterocycles. The lowest BCUT2D eigenvalue weighted by molar-refractivity contribution is 0.150. The maximum absolute atomic E-state index is 12.2. The van der Waals surface area contributed by atoms with Gasteiger partial charge in [-0.2, -0.15) is 5.26 Å². The van der Waals surface area contributed by atoms with Crippen molar-refractivity contribution in [1.82, 2.24) is 0 Å². The van der Waals surface area contributed by atoms with Crippen molar-refractivity contribution in [3.05, 3.63) is 34.9 Å². The van der Waals surface area contributed by atoms with Crippen molar-refractivity contribution in [2.24, 2.45) is 0 Å². The van der Waals surface area contributed by atoms with Crippen molar-refractivity contribution in [2.45, 2.75) is 27.2 Å². The van der Waals surface area contributed by atoms with Crippen LogP contribution in [-0.2, 0) is 0 Å². The molecule has 0 amide bonds. The Morgan fingerprint density at radius 2 is 1.86 bits per heavy atom. The van der Waals surface area contributed by atoms with Gasteiger partial charge >= 0.3 is 0 Å². The fourth-order valence-electron chi connectivity index (χ4n) is 1.01. The highest BCUT2D eigenvalue weighted by Crippen LogP contribution is 2.23. The minimum atomic E-state index is -2.50. The summed E-state index contributed by atoms with van der Waals surface area (Å²) in [7, 11) is 0. The van der Waals surface area contributed by atoms with Crippen LogP contribution in [-0.4, -0.2) is 0 Å². The summed E-state index contributed by atoms with van der Waals surface area (Å²) in [6, 6.07) is 6.19. The van der Waals surface area contributed by atoms with Gasteiger partial charge in [-0.3, -0.25) is 0 Å². The zero-order valence-electron chi connectivity index (χ0n) is 8.51. The van der Waals surface area contributed by atoms with Crippen LogP contribution in [0.1, 0.15) is 37.0 Å². The average molecular weight is 197 g/mol. The fourth-order valence-corrected chi connectivity index (χ4v) is 1.01. The summed E-state index contributed by atoms with van der Waals surface area (Å²) >= 11 is 0. The van der Waals surface area contributed by atoms with E-state index in [4.69, 9.17) is 5.26 Å². The number of benzene rings is 1. The van der Waals surface area contributed by atoms with Gasteiger partial charge in [0.15, 0.2) is 0 Å². The van der Waals surface area contributed by atoms with Crippen molar-refractivity contribution >= 4 is 0 Å². The molecule has 1 rings (SSSR count). The van der Waals surface area contributed by atoms with Gasteiger partial charge in [0.05, 0.1) is 11.6 Å². The Kier molecular flexibility index (Phi) is 5.47. The molecule has 0 fully saturated rings. The van der Waals surface area contributed by atoms with Gasteiger partial charge in [0.2, 0.25) is 0 Å². The van der Waals surface area contributed by atoms with E-state index < -0.39 is 6.43 Å². The molecule has 0 aliphatic rings. The first kappa shape index (κ1) is 12.6. The summed E-state index contributed by atoms with van der Waals surface area (Å²) < 4.78 is 24.5. The van der Waals surface area contributed by atoms with E-state index in [1.807, 2.05) is 19.9 Å². The van der Waals surface area contributed by atoms with Gasteiger partial charge in [-0.1, -0.05) is 26.0 Å². The Morgan fingerprint density at radius 1 is 1.29 bits per heavy atom. The predicted molar refractivity (Wildman–Crippen MR) is 52.2 cm³/mol. The van der Waals surface area contributed by atoms with Crippen LogP contribution in [0.3, 0.4) is 0 Å². The quantitative estimate of drug-likeness (QED) is 0.671. The molecule has 0 N–H and O–H groups in total. The zero-order chi connectivity index (χ0) is 11.1. The minimum absolute atomic E-state index is 0.0611. The number of hydrogen-bond acceptors (Lipinski definition) is 1. The normalized spacial score (nSPS) is 8.93. The van der Waals surface area contributed by atoms with Crippen LogP contribution >= 0.6 is 0 Å². The summed E-state index contributed by atoms with van der Waals surface area (Å²) in [5.41, 5.74) is 0.622. The van der Waals surface area contributed by atoms with Crippen molar-refractivity contribution in [2.75, 3.05) is 0 Å². The van der Waals surface area contributed by atoms with Gasteiger partial charge in [0.1, 0.15) is 0 Å². The SMILES string of the molecule is CC.Cc1c(C#N)cccc1C(F)F. The van der Waals surface area contributed by atoms with E-state index in [-0.39, 0.29) is 5.56 Å². The lowest BCUT2D eigenvalue weighted by Crippen LogP contribution is -1.92. The Labute approximate surface area is 83.0 Å². The first-order valence-electron chi connectivity index (χ1n) is 4.44. The molecule has 3 heteroatoms. The Balaban J connectivity index is 0.000000791. The predicted octanol–water partition coefficient (Wildman–Crippen LogP) is 3.83. The zero-order valence-corrected chi connectivity index (χ0v) is 8.51. The van der Waals surface area contributed by atoms with Gasteiger partial charge in [0.25, 0.3) is 6.43 Å². The third-order valence-corrected chi connectivity index (χ3v) is 1.73. The molecule has 14 heavy (non-hydrogen) atoms. The standard InChI is InChI=1S/C9H7F2N.C2H6/c1-6-7(5-12)3-2-4-8(6)9(10)11;1-2/h2-4,9H,1H3;1-2H3. The molecule has 0 unspecified atom stereocenters. The molecule has 0 radical (unpaired) electrons. The van der Waals surface area contributed by atoms with Crippen molar-refractivity contribution in [3.63, 3.8) is 0 Å². The lowest BCUT2D eigenvalue weighted by Gasteiger charge is -2.04. The smallest absolute Gasteiger partial charge is 0.205 e. The van der Waals surface area contributed by atoms with Crippen molar-refractivity contribution < 1.29 is 8.78 Å². The molecule has 1 aromatic rings. The fraction of sp³-hybridized carbons (Fsp3) is 0.364. The molecule has 0 saturated carbocycles. The highest BCUT2D eigenvalue weighted by molar-refractivity contribution is 5.42. The minimum Gasteiger partial charge on any atom is -0.205 e. The van der Waals surface area contributed by atoms with Crippen LogP contribution < -0.4 is 0 Å². The van der Waals surface area contributed by atoms with Gasteiger partial charge in [-0.05, 0) is 18.6 Å². The van der Waals surface area contributed by atoms with E-state index in [1.54, 1.807) is 0 Å². The molecule has 1 nitrogen and oxygen atoms in total. The van der Waals surface area contributed by atoms with E-state index in [1.165, 1.54) is 25.1 Å². The second-order valence-electron chi connectivity index (χ2n) is 2.43. The summed E-state index contributed by atoms with van der Waals surface area (Å²) in [6.45, 7) is 5.53. The van der Waals surface area contributed by atoms with Crippen LogP contribution in [0.15, 0.2) is 18.2 Å². The number of rotatable bonds is 1. The molecular weight excluding hydrogens is 184 g/mol. The van der Waals surface area contributed by atoms with Crippen LogP contribution in [0, 0.1) is 18.3 Å². The second kappa shape index (κ2) is 6.09. The van der Waals surface area contributed by atoms with Crippen molar-refractivity contribution in [1.29, 1.82) is 5.26 Å². The van der Waals surface area contributed by atoms with E-state index in [0.717, 1.165) is 0 Å². The first-order chi connectivity index (χ1) is 6.66. The van der Waals surface area contributed by atoms with Crippen LogP contribution in [0.2, 0.25) is 0 Å².